The fourth-order valence-corrected chi connectivity index (χ4v) is 3.72. The van der Waals surface area contributed by atoms with Crippen molar-refractivity contribution in [2.75, 3.05) is 18.8 Å². The molecule has 1 aliphatic heterocycles. The molecule has 1 fully saturated rings. The molecule has 6 nitrogen and oxygen atoms in total. The monoisotopic (exact) mass is 366 g/mol. The Bertz CT molecular complexity index is 716. The number of rotatable bonds is 6. The minimum Gasteiger partial charge on any atom is -0.481 e. The molecule has 0 amide bonds. The van der Waals surface area contributed by atoms with Gasteiger partial charge in [-0.15, -0.1) is 10.2 Å². The maximum atomic E-state index is 10.9. The standard InChI is InChI=1S/C16H19ClN4O2S/c17-12-6-2-3-7-13(12)21-14(10-20-8-4-1-5-9-20)18-19-16(21)24-11-15(22)23/h2-3,6-7H,1,4-5,8-11H2,(H,22,23). The number of carboxylic acid groups (broad SMARTS) is 1. The van der Waals surface area contributed by atoms with Crippen molar-refractivity contribution in [2.24, 2.45) is 0 Å². The highest BCUT2D eigenvalue weighted by molar-refractivity contribution is 7.99. The Morgan fingerprint density at radius 1 is 1.21 bits per heavy atom. The molecule has 0 spiro atoms. The number of aliphatic carboxylic acids is 1. The van der Waals surface area contributed by atoms with Gasteiger partial charge in [0.15, 0.2) is 11.0 Å². The third-order valence-electron chi connectivity index (χ3n) is 3.93. The van der Waals surface area contributed by atoms with Gasteiger partial charge in [-0.2, -0.15) is 0 Å². The Balaban J connectivity index is 1.92. The number of carbonyl (C=O) groups is 1. The normalized spacial score (nSPS) is 15.5. The van der Waals surface area contributed by atoms with Crippen LogP contribution in [-0.4, -0.2) is 49.6 Å². The smallest absolute Gasteiger partial charge is 0.313 e. The zero-order valence-corrected chi connectivity index (χ0v) is 14.8. The Morgan fingerprint density at radius 2 is 1.96 bits per heavy atom. The molecule has 0 bridgehead atoms. The summed E-state index contributed by atoms with van der Waals surface area (Å²) < 4.78 is 1.88. The van der Waals surface area contributed by atoms with Gasteiger partial charge in [-0.1, -0.05) is 41.9 Å². The first-order valence-corrected chi connectivity index (χ1v) is 9.27. The van der Waals surface area contributed by atoms with Gasteiger partial charge in [0.05, 0.1) is 23.0 Å². The van der Waals surface area contributed by atoms with E-state index in [-0.39, 0.29) is 5.75 Å². The van der Waals surface area contributed by atoms with Gasteiger partial charge in [0, 0.05) is 0 Å². The molecule has 24 heavy (non-hydrogen) atoms. The molecule has 1 aromatic carbocycles. The molecule has 0 aliphatic carbocycles. The van der Waals surface area contributed by atoms with E-state index in [1.54, 1.807) is 0 Å². The van der Waals surface area contributed by atoms with Crippen molar-refractivity contribution in [2.45, 2.75) is 31.0 Å². The second-order valence-corrected chi connectivity index (χ2v) is 7.05. The van der Waals surface area contributed by atoms with Crippen molar-refractivity contribution in [3.63, 3.8) is 0 Å². The number of piperidine rings is 1. The molecule has 2 heterocycles. The Kier molecular flexibility index (Phi) is 5.76. The minimum absolute atomic E-state index is 0.0632. The van der Waals surface area contributed by atoms with Crippen LogP contribution in [0.4, 0.5) is 0 Å². The van der Waals surface area contributed by atoms with Crippen molar-refractivity contribution in [1.29, 1.82) is 0 Å². The van der Waals surface area contributed by atoms with Gasteiger partial charge in [-0.3, -0.25) is 14.3 Å². The first-order chi connectivity index (χ1) is 11.6. The van der Waals surface area contributed by atoms with E-state index in [0.717, 1.165) is 36.4 Å². The summed E-state index contributed by atoms with van der Waals surface area (Å²) in [5.41, 5.74) is 0.782. The van der Waals surface area contributed by atoms with Crippen LogP contribution in [0.1, 0.15) is 25.1 Å². The van der Waals surface area contributed by atoms with Crippen LogP contribution < -0.4 is 0 Å². The van der Waals surface area contributed by atoms with Gasteiger partial charge in [0.1, 0.15) is 0 Å². The lowest BCUT2D eigenvalue weighted by atomic mass is 10.1. The topological polar surface area (TPSA) is 71.2 Å². The molecule has 1 aliphatic rings. The van der Waals surface area contributed by atoms with Crippen LogP contribution in [-0.2, 0) is 11.3 Å². The highest BCUT2D eigenvalue weighted by Crippen LogP contribution is 2.28. The van der Waals surface area contributed by atoms with Crippen LogP contribution in [0.2, 0.25) is 5.02 Å². The largest absolute Gasteiger partial charge is 0.481 e. The minimum atomic E-state index is -0.883. The molecule has 0 atom stereocenters. The molecule has 128 valence electrons. The Labute approximate surface area is 149 Å². The molecule has 8 heteroatoms. The molecular weight excluding hydrogens is 348 g/mol. The van der Waals surface area contributed by atoms with Gasteiger partial charge >= 0.3 is 5.97 Å². The molecule has 0 saturated carbocycles. The number of halogens is 1. The number of hydrogen-bond donors (Lipinski definition) is 1. The van der Waals surface area contributed by atoms with E-state index in [1.807, 2.05) is 28.8 Å². The Hall–Kier alpha value is -1.57. The molecule has 1 N–H and O–H groups in total. The van der Waals surface area contributed by atoms with E-state index in [2.05, 4.69) is 15.1 Å². The molecule has 0 radical (unpaired) electrons. The fraction of sp³-hybridized carbons (Fsp3) is 0.438. The summed E-state index contributed by atoms with van der Waals surface area (Å²) in [6, 6.07) is 7.48. The lowest BCUT2D eigenvalue weighted by Crippen LogP contribution is -2.30. The van der Waals surface area contributed by atoms with Crippen molar-refractivity contribution < 1.29 is 9.90 Å². The number of para-hydroxylation sites is 1. The number of aromatic nitrogens is 3. The summed E-state index contributed by atoms with van der Waals surface area (Å²) in [4.78, 5) is 13.3. The van der Waals surface area contributed by atoms with Crippen molar-refractivity contribution in [3.8, 4) is 5.69 Å². The van der Waals surface area contributed by atoms with E-state index >= 15 is 0 Å². The zero-order valence-electron chi connectivity index (χ0n) is 13.2. The van der Waals surface area contributed by atoms with E-state index in [0.29, 0.717) is 16.7 Å². The summed E-state index contributed by atoms with van der Waals surface area (Å²) in [6.07, 6.45) is 3.66. The number of hydrogen-bond acceptors (Lipinski definition) is 5. The average Bonchev–Trinajstić information content (AvgIpc) is 2.97. The maximum absolute atomic E-state index is 10.9. The third-order valence-corrected chi connectivity index (χ3v) is 5.17. The lowest BCUT2D eigenvalue weighted by molar-refractivity contribution is -0.133. The summed E-state index contributed by atoms with van der Waals surface area (Å²) in [5.74, 6) is -0.157. The van der Waals surface area contributed by atoms with E-state index in [4.69, 9.17) is 16.7 Å². The van der Waals surface area contributed by atoms with E-state index in [9.17, 15) is 4.79 Å². The first kappa shape index (κ1) is 17.3. The van der Waals surface area contributed by atoms with Crippen LogP contribution in [0.15, 0.2) is 29.4 Å². The van der Waals surface area contributed by atoms with Crippen LogP contribution in [0.5, 0.6) is 0 Å². The Morgan fingerprint density at radius 3 is 2.67 bits per heavy atom. The van der Waals surface area contributed by atoms with Crippen molar-refractivity contribution in [3.05, 3.63) is 35.1 Å². The molecule has 1 aromatic heterocycles. The highest BCUT2D eigenvalue weighted by Gasteiger charge is 2.20. The predicted octanol–water partition coefficient (Wildman–Crippen LogP) is 3.08. The van der Waals surface area contributed by atoms with Gasteiger partial charge in [-0.05, 0) is 38.1 Å². The number of likely N-dealkylation sites (tertiary alicyclic amines) is 1. The van der Waals surface area contributed by atoms with Gasteiger partial charge in [-0.25, -0.2) is 0 Å². The lowest BCUT2D eigenvalue weighted by Gasteiger charge is -2.26. The fourth-order valence-electron chi connectivity index (χ4n) is 2.82. The summed E-state index contributed by atoms with van der Waals surface area (Å²) in [6.45, 7) is 2.78. The quantitative estimate of drug-likeness (QED) is 0.792. The van der Waals surface area contributed by atoms with Crippen LogP contribution in [0, 0.1) is 0 Å². The summed E-state index contributed by atoms with van der Waals surface area (Å²) >= 11 is 7.50. The van der Waals surface area contributed by atoms with Crippen LogP contribution in [0.3, 0.4) is 0 Å². The van der Waals surface area contributed by atoms with Crippen LogP contribution >= 0.6 is 23.4 Å². The molecule has 3 rings (SSSR count). The highest BCUT2D eigenvalue weighted by atomic mass is 35.5. The molecular formula is C16H19ClN4O2S. The molecule has 0 unspecified atom stereocenters. The number of thioether (sulfide) groups is 1. The number of carboxylic acids is 1. The summed E-state index contributed by atoms with van der Waals surface area (Å²) in [5, 5.41) is 18.6. The zero-order chi connectivity index (χ0) is 16.9. The van der Waals surface area contributed by atoms with Crippen molar-refractivity contribution >= 4 is 29.3 Å². The summed E-state index contributed by atoms with van der Waals surface area (Å²) in [7, 11) is 0. The molecule has 1 saturated heterocycles. The number of nitrogens with zero attached hydrogens (tertiary/aromatic N) is 4. The van der Waals surface area contributed by atoms with Gasteiger partial charge < -0.3 is 5.11 Å². The van der Waals surface area contributed by atoms with Gasteiger partial charge in [0.25, 0.3) is 0 Å². The third kappa shape index (κ3) is 4.09. The SMILES string of the molecule is O=C(O)CSc1nnc(CN2CCCCC2)n1-c1ccccc1Cl. The van der Waals surface area contributed by atoms with Gasteiger partial charge in [0.2, 0.25) is 0 Å². The maximum Gasteiger partial charge on any atom is 0.313 e. The van der Waals surface area contributed by atoms with E-state index in [1.165, 1.54) is 19.3 Å². The first-order valence-electron chi connectivity index (χ1n) is 7.91. The second kappa shape index (κ2) is 8.00. The molecule has 2 aromatic rings. The number of benzene rings is 1. The van der Waals surface area contributed by atoms with Crippen molar-refractivity contribution in [1.82, 2.24) is 19.7 Å². The second-order valence-electron chi connectivity index (χ2n) is 5.70. The predicted molar refractivity (Wildman–Crippen MR) is 93.9 cm³/mol. The average molecular weight is 367 g/mol. The van der Waals surface area contributed by atoms with Crippen LogP contribution in [0.25, 0.3) is 5.69 Å². The van der Waals surface area contributed by atoms with E-state index < -0.39 is 5.97 Å².